The average molecular weight is 565 g/mol. The lowest BCUT2D eigenvalue weighted by atomic mass is 9.77. The van der Waals surface area contributed by atoms with Crippen LogP contribution in [-0.2, 0) is 12.0 Å². The van der Waals surface area contributed by atoms with Gasteiger partial charge in [-0.3, -0.25) is 0 Å². The largest absolute Gasteiger partial charge is 0.324 e. The van der Waals surface area contributed by atoms with Gasteiger partial charge in [0.15, 0.2) is 0 Å². The minimum atomic E-state index is -0.143. The van der Waals surface area contributed by atoms with Gasteiger partial charge in [0.1, 0.15) is 5.82 Å². The van der Waals surface area contributed by atoms with Gasteiger partial charge in [0.2, 0.25) is 0 Å². The Morgan fingerprint density at radius 1 is 0.545 bits per heavy atom. The predicted octanol–water partition coefficient (Wildman–Crippen LogP) is 11.2. The maximum atomic E-state index is 5.01. The average Bonchev–Trinajstić information content (AvgIpc) is 3.57. The Labute approximate surface area is 257 Å². The quantitative estimate of drug-likeness (QED) is 0.195. The molecule has 44 heavy (non-hydrogen) atoms. The van der Waals surface area contributed by atoms with Crippen molar-refractivity contribution in [3.8, 4) is 33.6 Å². The number of fused-ring (bicyclic) bond motifs is 11. The van der Waals surface area contributed by atoms with E-state index < -0.39 is 0 Å². The second-order valence-electron chi connectivity index (χ2n) is 12.6. The number of rotatable bonds is 3. The molecule has 1 aliphatic carbocycles. The van der Waals surface area contributed by atoms with E-state index in [0.29, 0.717) is 0 Å². The highest BCUT2D eigenvalue weighted by atomic mass is 15.1. The van der Waals surface area contributed by atoms with E-state index in [2.05, 4.69) is 153 Å². The predicted molar refractivity (Wildman–Crippen MR) is 186 cm³/mol. The fourth-order valence-corrected chi connectivity index (χ4v) is 8.09. The molecule has 9 rings (SSSR count). The van der Waals surface area contributed by atoms with Gasteiger partial charge in [0.05, 0.1) is 11.0 Å². The Morgan fingerprint density at radius 2 is 1.09 bits per heavy atom. The van der Waals surface area contributed by atoms with Crippen molar-refractivity contribution in [2.75, 3.05) is 0 Å². The van der Waals surface area contributed by atoms with Crippen LogP contribution in [0.15, 0.2) is 127 Å². The van der Waals surface area contributed by atoms with Crippen molar-refractivity contribution in [2.24, 2.45) is 0 Å². The molecule has 0 N–H and O–H groups in total. The zero-order valence-corrected chi connectivity index (χ0v) is 25.2. The zero-order chi connectivity index (χ0) is 29.6. The summed E-state index contributed by atoms with van der Waals surface area (Å²) in [4.78, 5) is 5.01. The molecular weight excluding hydrogens is 532 g/mol. The van der Waals surface area contributed by atoms with Gasteiger partial charge in [-0.15, -0.1) is 0 Å². The van der Waals surface area contributed by atoms with Gasteiger partial charge in [0, 0.05) is 17.5 Å². The molecule has 0 fully saturated rings. The lowest BCUT2D eigenvalue weighted by Crippen LogP contribution is -2.16. The Hall–Kier alpha value is -5.21. The minimum Gasteiger partial charge on any atom is -0.324 e. The highest BCUT2D eigenvalue weighted by Crippen LogP contribution is 2.57. The van der Waals surface area contributed by atoms with Crippen LogP contribution in [0.2, 0.25) is 0 Å². The first-order chi connectivity index (χ1) is 21.6. The maximum Gasteiger partial charge on any atom is 0.141 e. The highest BCUT2D eigenvalue weighted by Gasteiger charge is 2.40. The second kappa shape index (κ2) is 9.14. The van der Waals surface area contributed by atoms with E-state index in [4.69, 9.17) is 4.98 Å². The molecule has 0 atom stereocenters. The number of nitrogens with zero attached hydrogens (tertiary/aromatic N) is 2. The molecule has 0 bridgehead atoms. The molecule has 0 aliphatic heterocycles. The lowest BCUT2D eigenvalue weighted by Gasteiger charge is -2.25. The Bertz CT molecular complexity index is 2440. The van der Waals surface area contributed by atoms with Crippen molar-refractivity contribution in [3.63, 3.8) is 0 Å². The van der Waals surface area contributed by atoms with E-state index in [1.807, 2.05) is 0 Å². The van der Waals surface area contributed by atoms with E-state index in [1.165, 1.54) is 71.2 Å². The van der Waals surface area contributed by atoms with Gasteiger partial charge in [-0.05, 0) is 90.8 Å². The Kier molecular flexibility index (Phi) is 5.26. The first-order valence-corrected chi connectivity index (χ1v) is 15.6. The Balaban J connectivity index is 1.31. The van der Waals surface area contributed by atoms with Crippen molar-refractivity contribution in [3.05, 3.63) is 139 Å². The molecule has 1 aromatic heterocycles. The van der Waals surface area contributed by atoms with Crippen LogP contribution in [0.3, 0.4) is 0 Å². The molecule has 0 unspecified atom stereocenters. The van der Waals surface area contributed by atoms with Crippen LogP contribution in [0, 0.1) is 0 Å². The Morgan fingerprint density at radius 3 is 1.80 bits per heavy atom. The smallest absolute Gasteiger partial charge is 0.141 e. The third kappa shape index (κ3) is 3.34. The van der Waals surface area contributed by atoms with E-state index in [-0.39, 0.29) is 5.41 Å². The fraction of sp³-hybridized carbons (Fsp3) is 0.119. The summed E-state index contributed by atoms with van der Waals surface area (Å²) in [6.45, 7) is 7.90. The lowest BCUT2D eigenvalue weighted by molar-refractivity contribution is 0.672. The summed E-state index contributed by atoms with van der Waals surface area (Å²) >= 11 is 0. The first kappa shape index (κ1) is 25.3. The van der Waals surface area contributed by atoms with Gasteiger partial charge in [-0.2, -0.15) is 0 Å². The number of aryl methyl sites for hydroxylation is 1. The third-order valence-corrected chi connectivity index (χ3v) is 9.92. The van der Waals surface area contributed by atoms with Crippen LogP contribution in [0.4, 0.5) is 0 Å². The first-order valence-electron chi connectivity index (χ1n) is 15.6. The van der Waals surface area contributed by atoms with Crippen molar-refractivity contribution >= 4 is 43.4 Å². The summed E-state index contributed by atoms with van der Waals surface area (Å²) < 4.78 is 2.31. The fourth-order valence-electron chi connectivity index (χ4n) is 8.09. The van der Waals surface area contributed by atoms with Crippen LogP contribution in [-0.4, -0.2) is 9.55 Å². The van der Waals surface area contributed by atoms with E-state index in [0.717, 1.165) is 23.4 Å². The molecule has 0 radical (unpaired) electrons. The third-order valence-electron chi connectivity index (χ3n) is 9.92. The molecule has 2 nitrogen and oxygen atoms in total. The van der Waals surface area contributed by atoms with Gasteiger partial charge in [-0.25, -0.2) is 4.98 Å². The van der Waals surface area contributed by atoms with Crippen LogP contribution < -0.4 is 0 Å². The molecule has 0 spiro atoms. The normalized spacial score (nSPS) is 13.6. The van der Waals surface area contributed by atoms with Crippen molar-refractivity contribution < 1.29 is 0 Å². The number of benzene rings is 7. The summed E-state index contributed by atoms with van der Waals surface area (Å²) in [7, 11) is 0. The second-order valence-corrected chi connectivity index (χ2v) is 12.6. The summed E-state index contributed by atoms with van der Waals surface area (Å²) in [5, 5.41) is 7.99. The molecule has 7 aromatic carbocycles. The van der Waals surface area contributed by atoms with Crippen LogP contribution >= 0.6 is 0 Å². The van der Waals surface area contributed by atoms with Crippen LogP contribution in [0.1, 0.15) is 31.9 Å². The number of hydrogen-bond acceptors (Lipinski definition) is 1. The van der Waals surface area contributed by atoms with Gasteiger partial charge in [-0.1, -0.05) is 123 Å². The molecule has 0 amide bonds. The highest BCUT2D eigenvalue weighted by molar-refractivity contribution is 6.20. The molecule has 0 saturated heterocycles. The number of para-hydroxylation sites is 2. The van der Waals surface area contributed by atoms with Crippen molar-refractivity contribution in [2.45, 2.75) is 32.7 Å². The van der Waals surface area contributed by atoms with E-state index in [1.54, 1.807) is 0 Å². The van der Waals surface area contributed by atoms with Crippen molar-refractivity contribution in [1.82, 2.24) is 9.55 Å². The van der Waals surface area contributed by atoms with Crippen molar-refractivity contribution in [1.29, 1.82) is 0 Å². The van der Waals surface area contributed by atoms with Crippen LogP contribution in [0.25, 0.3) is 77.0 Å². The monoisotopic (exact) mass is 564 g/mol. The molecule has 8 aromatic rings. The molecule has 0 saturated carbocycles. The topological polar surface area (TPSA) is 17.8 Å². The summed E-state index contributed by atoms with van der Waals surface area (Å²) in [5.74, 6) is 1.02. The summed E-state index contributed by atoms with van der Waals surface area (Å²) in [5.41, 5.74) is 11.3. The van der Waals surface area contributed by atoms with Crippen LogP contribution in [0.5, 0.6) is 0 Å². The molecule has 1 heterocycles. The number of aromatic nitrogens is 2. The molecule has 210 valence electrons. The van der Waals surface area contributed by atoms with E-state index in [9.17, 15) is 0 Å². The SMILES string of the molecule is CCn1c(-c2ccc(-c3cc4c(c5ccccc35)C(C)(C)c3c-4c4ccccc4c4ccccc34)cc2)nc2ccccc21. The molecular formula is C42H32N2. The van der Waals surface area contributed by atoms with Gasteiger partial charge < -0.3 is 4.57 Å². The zero-order valence-electron chi connectivity index (χ0n) is 25.2. The standard InChI is InChI=1S/C42H32N2/c1-4-44-37-20-12-11-19-36(37)43-41(44)27-23-21-26(22-24-27)34-25-35-38-31-16-8-5-13-28(31)29-14-6-10-18-33(29)40(38)42(2,3)39(35)32-17-9-7-15-30(32)34/h5-25H,4H2,1-3H3. The van der Waals surface area contributed by atoms with Gasteiger partial charge >= 0.3 is 0 Å². The summed E-state index contributed by atoms with van der Waals surface area (Å²) in [6, 6.07) is 46.8. The molecule has 1 aliphatic rings. The van der Waals surface area contributed by atoms with Gasteiger partial charge in [0.25, 0.3) is 0 Å². The number of hydrogen-bond donors (Lipinski definition) is 0. The number of imidazole rings is 1. The molecule has 2 heteroatoms. The maximum absolute atomic E-state index is 5.01. The minimum absolute atomic E-state index is 0.143. The summed E-state index contributed by atoms with van der Waals surface area (Å²) in [6.07, 6.45) is 0. The van der Waals surface area contributed by atoms with E-state index >= 15 is 0 Å².